The zero-order valence-corrected chi connectivity index (χ0v) is 11.0. The number of H-pyrrole nitrogens is 1. The fraction of sp³-hybridized carbons (Fsp3) is 0. The number of hydrogen-bond acceptors (Lipinski definition) is 2. The minimum Gasteiger partial charge on any atom is -0.361 e. The van der Waals surface area contributed by atoms with Gasteiger partial charge in [-0.1, -0.05) is 30.3 Å². The van der Waals surface area contributed by atoms with Crippen LogP contribution in [-0.2, 0) is 0 Å². The van der Waals surface area contributed by atoms with Gasteiger partial charge in [-0.3, -0.25) is 4.79 Å². The number of benzene rings is 2. The molecule has 0 unspecified atom stereocenters. The SMILES string of the molecule is O=C(N/N=C/c1c[nH]c2ccccc12)c1ccccc1F. The van der Waals surface area contributed by atoms with Gasteiger partial charge in [0.05, 0.1) is 11.8 Å². The average molecular weight is 281 g/mol. The number of carbonyl (C=O) groups is 1. The maximum Gasteiger partial charge on any atom is 0.274 e. The molecule has 0 fully saturated rings. The van der Waals surface area contributed by atoms with Crippen molar-refractivity contribution in [2.45, 2.75) is 0 Å². The molecule has 0 atom stereocenters. The van der Waals surface area contributed by atoms with Crippen molar-refractivity contribution < 1.29 is 9.18 Å². The van der Waals surface area contributed by atoms with Gasteiger partial charge in [-0.25, -0.2) is 9.82 Å². The third kappa shape index (κ3) is 2.67. The lowest BCUT2D eigenvalue weighted by Crippen LogP contribution is -2.18. The first-order valence-corrected chi connectivity index (χ1v) is 6.40. The van der Waals surface area contributed by atoms with Crippen LogP contribution in [0.5, 0.6) is 0 Å². The van der Waals surface area contributed by atoms with E-state index in [2.05, 4.69) is 15.5 Å². The molecule has 4 nitrogen and oxygen atoms in total. The molecule has 104 valence electrons. The standard InChI is InChI=1S/C16H12FN3O/c17-14-7-3-1-6-13(14)16(21)20-19-10-11-9-18-15-8-4-2-5-12(11)15/h1-10,18H,(H,20,21)/b19-10+. The smallest absolute Gasteiger partial charge is 0.274 e. The Balaban J connectivity index is 1.76. The number of hydrogen-bond donors (Lipinski definition) is 2. The minimum absolute atomic E-state index is 0.0337. The summed E-state index contributed by atoms with van der Waals surface area (Å²) in [7, 11) is 0. The Hall–Kier alpha value is -2.95. The van der Waals surface area contributed by atoms with Crippen LogP contribution in [0.1, 0.15) is 15.9 Å². The molecule has 0 bridgehead atoms. The van der Waals surface area contributed by atoms with Crippen LogP contribution in [0.25, 0.3) is 10.9 Å². The molecule has 0 spiro atoms. The molecule has 21 heavy (non-hydrogen) atoms. The van der Waals surface area contributed by atoms with Crippen molar-refractivity contribution >= 4 is 23.0 Å². The number of nitrogens with zero attached hydrogens (tertiary/aromatic N) is 1. The summed E-state index contributed by atoms with van der Waals surface area (Å²) in [4.78, 5) is 14.9. The van der Waals surface area contributed by atoms with Gasteiger partial charge in [0.15, 0.2) is 0 Å². The van der Waals surface area contributed by atoms with Gasteiger partial charge < -0.3 is 4.98 Å². The summed E-state index contributed by atoms with van der Waals surface area (Å²) in [5.74, 6) is -1.15. The molecular weight excluding hydrogens is 269 g/mol. The fourth-order valence-corrected chi connectivity index (χ4v) is 2.07. The van der Waals surface area contributed by atoms with E-state index in [4.69, 9.17) is 0 Å². The summed E-state index contributed by atoms with van der Waals surface area (Å²) < 4.78 is 13.4. The molecule has 1 heterocycles. The topological polar surface area (TPSA) is 57.2 Å². The number of aromatic amines is 1. The van der Waals surface area contributed by atoms with Crippen LogP contribution in [0.4, 0.5) is 4.39 Å². The second-order valence-electron chi connectivity index (χ2n) is 4.47. The molecular formula is C16H12FN3O. The van der Waals surface area contributed by atoms with E-state index in [1.807, 2.05) is 24.3 Å². The molecule has 0 aliphatic carbocycles. The highest BCUT2D eigenvalue weighted by molar-refractivity contribution is 6.00. The molecule has 3 rings (SSSR count). The van der Waals surface area contributed by atoms with Crippen molar-refractivity contribution in [3.8, 4) is 0 Å². The number of rotatable bonds is 3. The number of hydrazone groups is 1. The third-order valence-electron chi connectivity index (χ3n) is 3.11. The number of para-hydroxylation sites is 1. The van der Waals surface area contributed by atoms with Crippen molar-refractivity contribution in [3.05, 3.63) is 71.7 Å². The Morgan fingerprint density at radius 1 is 1.14 bits per heavy atom. The number of carbonyl (C=O) groups excluding carboxylic acids is 1. The molecule has 0 saturated heterocycles. The fourth-order valence-electron chi connectivity index (χ4n) is 2.07. The molecule has 0 aliphatic heterocycles. The average Bonchev–Trinajstić information content (AvgIpc) is 2.91. The molecule has 1 amide bonds. The number of halogens is 1. The normalized spacial score (nSPS) is 11.1. The Labute approximate surface area is 120 Å². The Kier molecular flexibility index (Phi) is 3.47. The maximum absolute atomic E-state index is 13.4. The number of fused-ring (bicyclic) bond motifs is 1. The summed E-state index contributed by atoms with van der Waals surface area (Å²) >= 11 is 0. The van der Waals surface area contributed by atoms with Gasteiger partial charge in [0.25, 0.3) is 5.91 Å². The van der Waals surface area contributed by atoms with E-state index in [0.29, 0.717) is 0 Å². The van der Waals surface area contributed by atoms with Crippen molar-refractivity contribution in [2.24, 2.45) is 5.10 Å². The number of amides is 1. The van der Waals surface area contributed by atoms with E-state index in [9.17, 15) is 9.18 Å². The van der Waals surface area contributed by atoms with Crippen LogP contribution >= 0.6 is 0 Å². The number of nitrogens with one attached hydrogen (secondary N) is 2. The van der Waals surface area contributed by atoms with Crippen molar-refractivity contribution in [1.82, 2.24) is 10.4 Å². The molecule has 1 aromatic heterocycles. The number of aromatic nitrogens is 1. The molecule has 3 aromatic rings. The zero-order chi connectivity index (χ0) is 14.7. The molecule has 2 N–H and O–H groups in total. The molecule has 5 heteroatoms. The third-order valence-corrected chi connectivity index (χ3v) is 3.11. The first-order chi connectivity index (χ1) is 10.3. The van der Waals surface area contributed by atoms with Crippen LogP contribution in [0.3, 0.4) is 0 Å². The predicted octanol–water partition coefficient (Wildman–Crippen LogP) is 3.07. The molecule has 0 aliphatic rings. The Bertz CT molecular complexity index is 823. The van der Waals surface area contributed by atoms with Crippen LogP contribution in [0, 0.1) is 5.82 Å². The van der Waals surface area contributed by atoms with Crippen LogP contribution in [0.15, 0.2) is 59.8 Å². The van der Waals surface area contributed by atoms with E-state index in [1.165, 1.54) is 24.4 Å². The summed E-state index contributed by atoms with van der Waals surface area (Å²) in [6.07, 6.45) is 3.32. The van der Waals surface area contributed by atoms with E-state index >= 15 is 0 Å². The van der Waals surface area contributed by atoms with E-state index in [1.54, 1.807) is 12.3 Å². The summed E-state index contributed by atoms with van der Waals surface area (Å²) in [6, 6.07) is 13.5. The summed E-state index contributed by atoms with van der Waals surface area (Å²) in [5.41, 5.74) is 4.12. The van der Waals surface area contributed by atoms with Gasteiger partial charge in [0, 0.05) is 22.7 Å². The highest BCUT2D eigenvalue weighted by Gasteiger charge is 2.09. The van der Waals surface area contributed by atoms with Crippen molar-refractivity contribution in [3.63, 3.8) is 0 Å². The molecule has 2 aromatic carbocycles. The quantitative estimate of drug-likeness (QED) is 0.562. The van der Waals surface area contributed by atoms with Crippen LogP contribution in [-0.4, -0.2) is 17.1 Å². The summed E-state index contributed by atoms with van der Waals surface area (Å²) in [6.45, 7) is 0. The Morgan fingerprint density at radius 3 is 2.76 bits per heavy atom. The summed E-state index contributed by atoms with van der Waals surface area (Å²) in [5, 5.41) is 4.87. The first kappa shape index (κ1) is 13.1. The first-order valence-electron chi connectivity index (χ1n) is 6.40. The lowest BCUT2D eigenvalue weighted by Gasteiger charge is -2.00. The van der Waals surface area contributed by atoms with Crippen molar-refractivity contribution in [1.29, 1.82) is 0 Å². The highest BCUT2D eigenvalue weighted by atomic mass is 19.1. The molecule has 0 saturated carbocycles. The van der Waals surface area contributed by atoms with Gasteiger partial charge in [-0.05, 0) is 18.2 Å². The van der Waals surface area contributed by atoms with Gasteiger partial charge in [-0.2, -0.15) is 5.10 Å². The largest absolute Gasteiger partial charge is 0.361 e. The van der Waals surface area contributed by atoms with E-state index < -0.39 is 11.7 Å². The minimum atomic E-state index is -0.579. The molecule has 0 radical (unpaired) electrons. The monoisotopic (exact) mass is 281 g/mol. The van der Waals surface area contributed by atoms with Crippen LogP contribution in [0.2, 0.25) is 0 Å². The predicted molar refractivity (Wildman–Crippen MR) is 79.8 cm³/mol. The Morgan fingerprint density at radius 2 is 1.90 bits per heavy atom. The van der Waals surface area contributed by atoms with Gasteiger partial charge >= 0.3 is 0 Å². The van der Waals surface area contributed by atoms with Gasteiger partial charge in [0.2, 0.25) is 0 Å². The van der Waals surface area contributed by atoms with Crippen LogP contribution < -0.4 is 5.43 Å². The van der Waals surface area contributed by atoms with E-state index in [-0.39, 0.29) is 5.56 Å². The van der Waals surface area contributed by atoms with Gasteiger partial charge in [0.1, 0.15) is 5.82 Å². The van der Waals surface area contributed by atoms with E-state index in [0.717, 1.165) is 16.5 Å². The zero-order valence-electron chi connectivity index (χ0n) is 11.0. The second-order valence-corrected chi connectivity index (χ2v) is 4.47. The lowest BCUT2D eigenvalue weighted by molar-refractivity contribution is 0.0951. The maximum atomic E-state index is 13.4. The lowest BCUT2D eigenvalue weighted by atomic mass is 10.2. The van der Waals surface area contributed by atoms with Crippen molar-refractivity contribution in [2.75, 3.05) is 0 Å². The second kappa shape index (κ2) is 5.58. The van der Waals surface area contributed by atoms with Gasteiger partial charge in [-0.15, -0.1) is 0 Å². The highest BCUT2D eigenvalue weighted by Crippen LogP contribution is 2.15.